The molecule has 0 unspecified atom stereocenters. The number of nitrogens with zero attached hydrogens (tertiary/aromatic N) is 2. The minimum Gasteiger partial charge on any atom is -0.338 e. The molecule has 1 aromatic rings. The number of hydrogen-bond donors (Lipinski definition) is 1. The number of nitrogens with one attached hydrogen (secondary N) is 1. The number of aromatic amines is 1. The third kappa shape index (κ3) is 2.55. The largest absolute Gasteiger partial charge is 0.338 e. The van der Waals surface area contributed by atoms with Crippen molar-refractivity contribution in [1.82, 2.24) is 14.5 Å². The fraction of sp³-hybridized carbons (Fsp3) is 0.545. The molecule has 1 aromatic heterocycles. The second-order valence-corrected chi connectivity index (χ2v) is 5.10. The lowest BCUT2D eigenvalue weighted by molar-refractivity contribution is -0.132. The summed E-state index contributed by atoms with van der Waals surface area (Å²) in [4.78, 5) is 39.4. The maximum absolute atomic E-state index is 12.0. The number of likely N-dealkylation sites (N-methyl/N-ethyl adjacent to an activating group) is 1. The topological polar surface area (TPSA) is 75.2 Å². The Morgan fingerprint density at radius 1 is 1.56 bits per heavy atom. The number of aromatic nitrogens is 2. The number of rotatable bonds is 4. The SMILES string of the molecule is CCN(C(=O)Cn1c(=O)[nH]cc(Br)c1=O)C1CC1. The summed E-state index contributed by atoms with van der Waals surface area (Å²) in [6.07, 6.45) is 3.29. The van der Waals surface area contributed by atoms with E-state index in [2.05, 4.69) is 20.9 Å². The van der Waals surface area contributed by atoms with Crippen LogP contribution in [0.3, 0.4) is 0 Å². The number of hydrogen-bond acceptors (Lipinski definition) is 3. The Hall–Kier alpha value is -1.37. The van der Waals surface area contributed by atoms with Gasteiger partial charge in [-0.15, -0.1) is 0 Å². The lowest BCUT2D eigenvalue weighted by Gasteiger charge is -2.20. The van der Waals surface area contributed by atoms with E-state index in [1.165, 1.54) is 6.20 Å². The average molecular weight is 316 g/mol. The Morgan fingerprint density at radius 2 is 2.22 bits per heavy atom. The van der Waals surface area contributed by atoms with Crippen LogP contribution in [0.1, 0.15) is 19.8 Å². The molecule has 0 bridgehead atoms. The van der Waals surface area contributed by atoms with Crippen molar-refractivity contribution in [3.63, 3.8) is 0 Å². The van der Waals surface area contributed by atoms with E-state index in [-0.39, 0.29) is 23.0 Å². The normalized spacial score (nSPS) is 14.6. The molecule has 0 radical (unpaired) electrons. The minimum absolute atomic E-state index is 0.189. The molecule has 0 saturated heterocycles. The number of amides is 1. The molecule has 1 aliphatic carbocycles. The summed E-state index contributed by atoms with van der Waals surface area (Å²) in [5, 5.41) is 0. The van der Waals surface area contributed by atoms with E-state index in [0.29, 0.717) is 6.54 Å². The first kappa shape index (κ1) is 13.1. The lowest BCUT2D eigenvalue weighted by Crippen LogP contribution is -2.43. The molecule has 0 aliphatic heterocycles. The van der Waals surface area contributed by atoms with E-state index in [4.69, 9.17) is 0 Å². The summed E-state index contributed by atoms with van der Waals surface area (Å²) in [7, 11) is 0. The monoisotopic (exact) mass is 315 g/mol. The van der Waals surface area contributed by atoms with Crippen LogP contribution in [-0.2, 0) is 11.3 Å². The Kier molecular flexibility index (Phi) is 3.70. The van der Waals surface area contributed by atoms with Gasteiger partial charge in [-0.3, -0.25) is 9.59 Å². The number of carbonyl (C=O) groups excluding carboxylic acids is 1. The quantitative estimate of drug-likeness (QED) is 0.869. The van der Waals surface area contributed by atoms with Gasteiger partial charge in [0, 0.05) is 18.8 Å². The van der Waals surface area contributed by atoms with Crippen molar-refractivity contribution in [3.8, 4) is 0 Å². The summed E-state index contributed by atoms with van der Waals surface area (Å²) in [5.74, 6) is -0.189. The minimum atomic E-state index is -0.566. The molecule has 1 aliphatic rings. The molecule has 1 fully saturated rings. The number of carbonyl (C=O) groups is 1. The second kappa shape index (κ2) is 5.09. The second-order valence-electron chi connectivity index (χ2n) is 4.24. The number of halogens is 1. The van der Waals surface area contributed by atoms with E-state index < -0.39 is 11.2 Å². The Balaban J connectivity index is 2.23. The van der Waals surface area contributed by atoms with Gasteiger partial charge >= 0.3 is 5.69 Å². The highest BCUT2D eigenvalue weighted by Gasteiger charge is 2.31. The van der Waals surface area contributed by atoms with Gasteiger partial charge in [-0.1, -0.05) is 0 Å². The Labute approximate surface area is 112 Å². The summed E-state index contributed by atoms with van der Waals surface area (Å²) in [6, 6.07) is 0.282. The molecular formula is C11H14BrN3O3. The van der Waals surface area contributed by atoms with E-state index in [1.54, 1.807) is 4.90 Å². The first-order valence-electron chi connectivity index (χ1n) is 5.82. The van der Waals surface area contributed by atoms with Crippen LogP contribution in [0.5, 0.6) is 0 Å². The van der Waals surface area contributed by atoms with Crippen LogP contribution < -0.4 is 11.2 Å². The molecule has 1 amide bonds. The molecular weight excluding hydrogens is 302 g/mol. The predicted octanol–water partition coefficient (Wildman–Crippen LogP) is 0.310. The average Bonchev–Trinajstić information content (AvgIpc) is 3.15. The first-order chi connectivity index (χ1) is 8.54. The standard InChI is InChI=1S/C11H14BrN3O3/c1-2-14(7-3-4-7)9(16)6-15-10(17)8(12)5-13-11(15)18/h5,7H,2-4,6H2,1H3,(H,13,18). The van der Waals surface area contributed by atoms with Gasteiger partial charge in [0.2, 0.25) is 5.91 Å². The van der Waals surface area contributed by atoms with Crippen molar-refractivity contribution >= 4 is 21.8 Å². The third-order valence-corrected chi connectivity index (χ3v) is 3.53. The molecule has 98 valence electrons. The van der Waals surface area contributed by atoms with Crippen molar-refractivity contribution in [2.75, 3.05) is 6.54 Å². The summed E-state index contributed by atoms with van der Waals surface area (Å²) in [6.45, 7) is 2.28. The van der Waals surface area contributed by atoms with Crippen LogP contribution in [0.25, 0.3) is 0 Å². The van der Waals surface area contributed by atoms with E-state index in [0.717, 1.165) is 17.4 Å². The van der Waals surface area contributed by atoms with Gasteiger partial charge in [0.25, 0.3) is 5.56 Å². The zero-order chi connectivity index (χ0) is 13.3. The molecule has 0 spiro atoms. The highest BCUT2D eigenvalue weighted by molar-refractivity contribution is 9.10. The molecule has 2 rings (SSSR count). The predicted molar refractivity (Wildman–Crippen MR) is 69.4 cm³/mol. The van der Waals surface area contributed by atoms with Gasteiger partial charge < -0.3 is 9.88 Å². The van der Waals surface area contributed by atoms with E-state index in [9.17, 15) is 14.4 Å². The van der Waals surface area contributed by atoms with E-state index >= 15 is 0 Å². The fourth-order valence-electron chi connectivity index (χ4n) is 1.88. The first-order valence-corrected chi connectivity index (χ1v) is 6.61. The van der Waals surface area contributed by atoms with Gasteiger partial charge in [0.1, 0.15) is 6.54 Å². The molecule has 1 heterocycles. The van der Waals surface area contributed by atoms with Crippen LogP contribution in [0.2, 0.25) is 0 Å². The zero-order valence-corrected chi connectivity index (χ0v) is 11.6. The van der Waals surface area contributed by atoms with Gasteiger partial charge in [-0.2, -0.15) is 0 Å². The summed E-state index contributed by atoms with van der Waals surface area (Å²) < 4.78 is 1.15. The zero-order valence-electron chi connectivity index (χ0n) is 9.98. The van der Waals surface area contributed by atoms with Gasteiger partial charge in [0.15, 0.2) is 0 Å². The molecule has 0 atom stereocenters. The molecule has 6 nitrogen and oxygen atoms in total. The third-order valence-electron chi connectivity index (χ3n) is 2.96. The summed E-state index contributed by atoms with van der Waals surface area (Å²) in [5.41, 5.74) is -1.05. The van der Waals surface area contributed by atoms with Gasteiger partial charge in [-0.25, -0.2) is 9.36 Å². The van der Waals surface area contributed by atoms with Crippen molar-refractivity contribution in [2.24, 2.45) is 0 Å². The van der Waals surface area contributed by atoms with Crippen LogP contribution in [-0.4, -0.2) is 32.9 Å². The maximum Gasteiger partial charge on any atom is 0.328 e. The lowest BCUT2D eigenvalue weighted by atomic mass is 10.4. The highest BCUT2D eigenvalue weighted by Crippen LogP contribution is 2.26. The van der Waals surface area contributed by atoms with Gasteiger partial charge in [0.05, 0.1) is 4.47 Å². The van der Waals surface area contributed by atoms with Gasteiger partial charge in [-0.05, 0) is 35.7 Å². The summed E-state index contributed by atoms with van der Waals surface area (Å²) >= 11 is 3.04. The molecule has 1 N–H and O–H groups in total. The van der Waals surface area contributed by atoms with Crippen LogP contribution in [0.4, 0.5) is 0 Å². The fourth-order valence-corrected chi connectivity index (χ4v) is 2.21. The van der Waals surface area contributed by atoms with Crippen molar-refractivity contribution in [3.05, 3.63) is 31.5 Å². The van der Waals surface area contributed by atoms with Crippen molar-refractivity contribution in [1.29, 1.82) is 0 Å². The molecule has 7 heteroatoms. The van der Waals surface area contributed by atoms with Crippen LogP contribution in [0.15, 0.2) is 20.3 Å². The molecule has 18 heavy (non-hydrogen) atoms. The van der Waals surface area contributed by atoms with Crippen LogP contribution >= 0.6 is 15.9 Å². The van der Waals surface area contributed by atoms with Crippen LogP contribution in [0, 0.1) is 0 Å². The number of H-pyrrole nitrogens is 1. The maximum atomic E-state index is 12.0. The Morgan fingerprint density at radius 3 is 2.78 bits per heavy atom. The highest BCUT2D eigenvalue weighted by atomic mass is 79.9. The van der Waals surface area contributed by atoms with Crippen molar-refractivity contribution in [2.45, 2.75) is 32.4 Å². The Bertz CT molecular complexity index is 574. The van der Waals surface area contributed by atoms with Crippen molar-refractivity contribution < 1.29 is 4.79 Å². The molecule has 0 aromatic carbocycles. The smallest absolute Gasteiger partial charge is 0.328 e. The molecule has 1 saturated carbocycles. The van der Waals surface area contributed by atoms with E-state index in [1.807, 2.05) is 6.92 Å².